The fourth-order valence-corrected chi connectivity index (χ4v) is 1.13. The van der Waals surface area contributed by atoms with Crippen LogP contribution >= 0.6 is 12.4 Å². The van der Waals surface area contributed by atoms with Gasteiger partial charge < -0.3 is 10.8 Å². The molecule has 80 valence electrons. The van der Waals surface area contributed by atoms with Crippen LogP contribution in [0.15, 0.2) is 12.4 Å². The number of carbonyl (C=O) groups is 1. The SMILES string of the molecule is Cl.Cn1cc(CC(CN)C(=O)O)cn1. The van der Waals surface area contributed by atoms with E-state index in [9.17, 15) is 4.79 Å². The van der Waals surface area contributed by atoms with Crippen molar-refractivity contribution in [1.82, 2.24) is 9.78 Å². The lowest BCUT2D eigenvalue weighted by atomic mass is 10.0. The van der Waals surface area contributed by atoms with Crippen LogP contribution in [0, 0.1) is 5.92 Å². The molecular weight excluding hydrogens is 206 g/mol. The zero-order chi connectivity index (χ0) is 9.84. The predicted octanol–water partition coefficient (Wildman–Crippen LogP) is 0.0439. The summed E-state index contributed by atoms with van der Waals surface area (Å²) in [7, 11) is 1.79. The van der Waals surface area contributed by atoms with E-state index >= 15 is 0 Å². The molecule has 1 atom stereocenters. The normalized spacial score (nSPS) is 11.9. The molecule has 14 heavy (non-hydrogen) atoms. The topological polar surface area (TPSA) is 81.1 Å². The van der Waals surface area contributed by atoms with Gasteiger partial charge in [-0.2, -0.15) is 5.10 Å². The molecule has 1 aromatic rings. The molecule has 0 bridgehead atoms. The second kappa shape index (κ2) is 5.62. The lowest BCUT2D eigenvalue weighted by Crippen LogP contribution is -2.25. The summed E-state index contributed by atoms with van der Waals surface area (Å²) in [6.45, 7) is 0.157. The first-order valence-electron chi connectivity index (χ1n) is 4.04. The molecule has 0 fully saturated rings. The van der Waals surface area contributed by atoms with Gasteiger partial charge in [-0.05, 0) is 12.0 Å². The fraction of sp³-hybridized carbons (Fsp3) is 0.500. The van der Waals surface area contributed by atoms with Crippen LogP contribution in [0.4, 0.5) is 0 Å². The maximum absolute atomic E-state index is 10.6. The van der Waals surface area contributed by atoms with Crippen molar-refractivity contribution in [2.24, 2.45) is 18.7 Å². The largest absolute Gasteiger partial charge is 0.481 e. The maximum atomic E-state index is 10.6. The molecule has 1 unspecified atom stereocenters. The molecule has 1 rings (SSSR count). The summed E-state index contributed by atoms with van der Waals surface area (Å²) in [6.07, 6.45) is 3.90. The van der Waals surface area contributed by atoms with E-state index in [2.05, 4.69) is 5.10 Å². The van der Waals surface area contributed by atoms with Gasteiger partial charge >= 0.3 is 5.97 Å². The molecule has 0 amide bonds. The average molecular weight is 220 g/mol. The fourth-order valence-electron chi connectivity index (χ4n) is 1.13. The highest BCUT2D eigenvalue weighted by atomic mass is 35.5. The number of hydrogen-bond acceptors (Lipinski definition) is 3. The van der Waals surface area contributed by atoms with Gasteiger partial charge in [0, 0.05) is 19.8 Å². The summed E-state index contributed by atoms with van der Waals surface area (Å²) < 4.78 is 1.64. The number of carboxylic acid groups (broad SMARTS) is 1. The number of aryl methyl sites for hydroxylation is 1. The van der Waals surface area contributed by atoms with Gasteiger partial charge in [0.15, 0.2) is 0 Å². The van der Waals surface area contributed by atoms with Gasteiger partial charge in [-0.25, -0.2) is 0 Å². The second-order valence-electron chi connectivity index (χ2n) is 3.00. The Hall–Kier alpha value is -1.07. The molecule has 0 aromatic carbocycles. The Kier molecular flexibility index (Phi) is 5.19. The third kappa shape index (κ3) is 3.35. The van der Waals surface area contributed by atoms with Crippen LogP contribution in [0.3, 0.4) is 0 Å². The molecule has 0 aliphatic heterocycles. The van der Waals surface area contributed by atoms with Crippen LogP contribution in [-0.4, -0.2) is 27.4 Å². The second-order valence-corrected chi connectivity index (χ2v) is 3.00. The van der Waals surface area contributed by atoms with E-state index in [0.717, 1.165) is 5.56 Å². The van der Waals surface area contributed by atoms with Crippen LogP contribution in [0.2, 0.25) is 0 Å². The number of aromatic nitrogens is 2. The molecule has 0 saturated heterocycles. The minimum atomic E-state index is -0.855. The molecule has 3 N–H and O–H groups in total. The molecule has 0 radical (unpaired) electrons. The van der Waals surface area contributed by atoms with Gasteiger partial charge in [-0.3, -0.25) is 9.48 Å². The van der Waals surface area contributed by atoms with Gasteiger partial charge in [0.25, 0.3) is 0 Å². The standard InChI is InChI=1S/C8H13N3O2.ClH/c1-11-5-6(4-10-11)2-7(3-9)8(12)13;/h4-5,7H,2-3,9H2,1H3,(H,12,13);1H. The average Bonchev–Trinajstić information content (AvgIpc) is 2.46. The van der Waals surface area contributed by atoms with Crippen LogP contribution < -0.4 is 5.73 Å². The summed E-state index contributed by atoms with van der Waals surface area (Å²) in [5.74, 6) is -1.37. The molecular formula is C8H14ClN3O2. The molecule has 0 aliphatic rings. The van der Waals surface area contributed by atoms with Gasteiger partial charge in [0.1, 0.15) is 0 Å². The van der Waals surface area contributed by atoms with Crippen molar-refractivity contribution < 1.29 is 9.90 Å². The number of nitrogens with two attached hydrogens (primary N) is 1. The van der Waals surface area contributed by atoms with Crippen molar-refractivity contribution >= 4 is 18.4 Å². The van der Waals surface area contributed by atoms with Gasteiger partial charge in [-0.15, -0.1) is 12.4 Å². The number of halogens is 1. The molecule has 0 saturated carbocycles. The van der Waals surface area contributed by atoms with E-state index in [0.29, 0.717) is 6.42 Å². The van der Waals surface area contributed by atoms with E-state index in [1.54, 1.807) is 24.1 Å². The van der Waals surface area contributed by atoms with Crippen LogP contribution in [0.1, 0.15) is 5.56 Å². The highest BCUT2D eigenvalue weighted by molar-refractivity contribution is 5.85. The Morgan fingerprint density at radius 1 is 1.79 bits per heavy atom. The summed E-state index contributed by atoms with van der Waals surface area (Å²) >= 11 is 0. The summed E-state index contributed by atoms with van der Waals surface area (Å²) in [4.78, 5) is 10.6. The number of carboxylic acids is 1. The van der Waals surface area contributed by atoms with E-state index in [-0.39, 0.29) is 19.0 Å². The summed E-state index contributed by atoms with van der Waals surface area (Å²) in [6, 6.07) is 0. The van der Waals surface area contributed by atoms with Crippen LogP contribution in [0.5, 0.6) is 0 Å². The van der Waals surface area contributed by atoms with E-state index in [4.69, 9.17) is 10.8 Å². The highest BCUT2D eigenvalue weighted by Gasteiger charge is 2.16. The lowest BCUT2D eigenvalue weighted by molar-refractivity contribution is -0.141. The van der Waals surface area contributed by atoms with Crippen molar-refractivity contribution in [1.29, 1.82) is 0 Å². The first-order valence-corrected chi connectivity index (χ1v) is 4.04. The molecule has 6 heteroatoms. The quantitative estimate of drug-likeness (QED) is 0.750. The van der Waals surface area contributed by atoms with E-state index in [1.807, 2.05) is 0 Å². The summed E-state index contributed by atoms with van der Waals surface area (Å²) in [5, 5.41) is 12.7. The highest BCUT2D eigenvalue weighted by Crippen LogP contribution is 2.06. The smallest absolute Gasteiger partial charge is 0.308 e. The molecule has 1 heterocycles. The molecule has 1 aromatic heterocycles. The number of hydrogen-bond donors (Lipinski definition) is 2. The Morgan fingerprint density at radius 3 is 2.79 bits per heavy atom. The first kappa shape index (κ1) is 12.9. The van der Waals surface area contributed by atoms with E-state index in [1.165, 1.54) is 0 Å². The Balaban J connectivity index is 0.00000169. The molecule has 0 aliphatic carbocycles. The van der Waals surface area contributed by atoms with Crippen molar-refractivity contribution in [2.45, 2.75) is 6.42 Å². The first-order chi connectivity index (χ1) is 6.13. The monoisotopic (exact) mass is 219 g/mol. The van der Waals surface area contributed by atoms with Crippen LogP contribution in [-0.2, 0) is 18.3 Å². The number of rotatable bonds is 4. The van der Waals surface area contributed by atoms with Crippen LogP contribution in [0.25, 0.3) is 0 Å². The minimum absolute atomic E-state index is 0. The zero-order valence-corrected chi connectivity index (χ0v) is 8.70. The van der Waals surface area contributed by atoms with E-state index < -0.39 is 11.9 Å². The Labute approximate surface area is 88.3 Å². The predicted molar refractivity (Wildman–Crippen MR) is 54.3 cm³/mol. The van der Waals surface area contributed by atoms with Crippen molar-refractivity contribution in [2.75, 3.05) is 6.54 Å². The number of aliphatic carboxylic acids is 1. The Bertz CT molecular complexity index is 301. The minimum Gasteiger partial charge on any atom is -0.481 e. The zero-order valence-electron chi connectivity index (χ0n) is 7.88. The third-order valence-corrected chi connectivity index (χ3v) is 1.87. The van der Waals surface area contributed by atoms with Crippen molar-refractivity contribution in [3.05, 3.63) is 18.0 Å². The summed E-state index contributed by atoms with van der Waals surface area (Å²) in [5.41, 5.74) is 6.22. The lowest BCUT2D eigenvalue weighted by Gasteiger charge is -2.06. The molecule has 0 spiro atoms. The molecule has 5 nitrogen and oxygen atoms in total. The third-order valence-electron chi connectivity index (χ3n) is 1.87. The van der Waals surface area contributed by atoms with Crippen molar-refractivity contribution in [3.8, 4) is 0 Å². The van der Waals surface area contributed by atoms with Gasteiger partial charge in [0.2, 0.25) is 0 Å². The maximum Gasteiger partial charge on any atom is 0.308 e. The number of nitrogens with zero attached hydrogens (tertiary/aromatic N) is 2. The van der Waals surface area contributed by atoms with Gasteiger partial charge in [0.05, 0.1) is 12.1 Å². The van der Waals surface area contributed by atoms with Gasteiger partial charge in [-0.1, -0.05) is 0 Å². The Morgan fingerprint density at radius 2 is 2.43 bits per heavy atom. The van der Waals surface area contributed by atoms with Crippen molar-refractivity contribution in [3.63, 3.8) is 0 Å².